The van der Waals surface area contributed by atoms with Crippen molar-refractivity contribution in [2.24, 2.45) is 4.99 Å². The molecule has 1 heterocycles. The van der Waals surface area contributed by atoms with Gasteiger partial charge in [0.25, 0.3) is 0 Å². The van der Waals surface area contributed by atoms with Gasteiger partial charge in [0.1, 0.15) is 9.84 Å². The SMILES string of the molecule is CN=C(NCc1cccc(-n2cccn2)c1)NC(C)CCS(C)(=O)=O.I. The van der Waals surface area contributed by atoms with Crippen LogP contribution in [0.4, 0.5) is 0 Å². The van der Waals surface area contributed by atoms with Crippen molar-refractivity contribution in [2.75, 3.05) is 19.1 Å². The summed E-state index contributed by atoms with van der Waals surface area (Å²) < 4.78 is 24.3. The monoisotopic (exact) mass is 491 g/mol. The van der Waals surface area contributed by atoms with Crippen molar-refractivity contribution in [2.45, 2.75) is 25.9 Å². The topological polar surface area (TPSA) is 88.4 Å². The van der Waals surface area contributed by atoms with Crippen LogP contribution in [0.5, 0.6) is 0 Å². The molecular formula is C17H26IN5O2S. The molecule has 0 saturated carbocycles. The molecule has 1 unspecified atom stereocenters. The summed E-state index contributed by atoms with van der Waals surface area (Å²) in [5.41, 5.74) is 2.09. The maximum atomic E-state index is 11.3. The number of rotatable bonds is 7. The molecule has 0 radical (unpaired) electrons. The minimum absolute atomic E-state index is 0. The highest BCUT2D eigenvalue weighted by molar-refractivity contribution is 14.0. The van der Waals surface area contributed by atoms with E-state index in [2.05, 4.69) is 26.8 Å². The average molecular weight is 491 g/mol. The van der Waals surface area contributed by atoms with Crippen LogP contribution in [-0.2, 0) is 16.4 Å². The van der Waals surface area contributed by atoms with Gasteiger partial charge in [-0.3, -0.25) is 4.99 Å². The number of aliphatic imine (C=N–C) groups is 1. The summed E-state index contributed by atoms with van der Waals surface area (Å²) >= 11 is 0. The number of aromatic nitrogens is 2. The van der Waals surface area contributed by atoms with Crippen molar-refractivity contribution < 1.29 is 8.42 Å². The third kappa shape index (κ3) is 7.73. The lowest BCUT2D eigenvalue weighted by atomic mass is 10.2. The molecule has 2 rings (SSSR count). The predicted octanol–water partition coefficient (Wildman–Crippen LogP) is 1.98. The van der Waals surface area contributed by atoms with Crippen molar-refractivity contribution in [1.29, 1.82) is 0 Å². The molecule has 0 aliphatic heterocycles. The summed E-state index contributed by atoms with van der Waals surface area (Å²) in [6.45, 7) is 2.55. The van der Waals surface area contributed by atoms with Crippen LogP contribution in [0.2, 0.25) is 0 Å². The third-order valence-corrected chi connectivity index (χ3v) is 4.65. The Morgan fingerprint density at radius 3 is 2.73 bits per heavy atom. The lowest BCUT2D eigenvalue weighted by Gasteiger charge is -2.17. The van der Waals surface area contributed by atoms with Crippen molar-refractivity contribution in [3.8, 4) is 5.69 Å². The van der Waals surface area contributed by atoms with E-state index < -0.39 is 9.84 Å². The third-order valence-electron chi connectivity index (χ3n) is 3.67. The second-order valence-corrected chi connectivity index (χ2v) is 8.27. The Bertz CT molecular complexity index is 806. The minimum Gasteiger partial charge on any atom is -0.354 e. The first-order valence-electron chi connectivity index (χ1n) is 8.11. The molecule has 2 aromatic rings. The molecule has 0 aliphatic rings. The van der Waals surface area contributed by atoms with Gasteiger partial charge in [-0.15, -0.1) is 24.0 Å². The van der Waals surface area contributed by atoms with E-state index in [1.54, 1.807) is 13.2 Å². The fourth-order valence-electron chi connectivity index (χ4n) is 2.31. The maximum absolute atomic E-state index is 11.3. The molecule has 0 fully saturated rings. The molecule has 2 N–H and O–H groups in total. The molecule has 0 bridgehead atoms. The number of sulfone groups is 1. The zero-order valence-electron chi connectivity index (χ0n) is 15.2. The van der Waals surface area contributed by atoms with Crippen molar-refractivity contribution >= 4 is 39.8 Å². The molecule has 0 spiro atoms. The van der Waals surface area contributed by atoms with E-state index in [-0.39, 0.29) is 35.8 Å². The van der Waals surface area contributed by atoms with Gasteiger partial charge in [0.15, 0.2) is 5.96 Å². The number of hydrogen-bond acceptors (Lipinski definition) is 4. The molecule has 144 valence electrons. The van der Waals surface area contributed by atoms with Gasteiger partial charge in [-0.2, -0.15) is 5.10 Å². The Hall–Kier alpha value is -1.62. The number of benzene rings is 1. The number of halogens is 1. The summed E-state index contributed by atoms with van der Waals surface area (Å²) in [7, 11) is -1.26. The summed E-state index contributed by atoms with van der Waals surface area (Å²) in [5.74, 6) is 0.801. The fraction of sp³-hybridized carbons (Fsp3) is 0.412. The van der Waals surface area contributed by atoms with Crippen LogP contribution < -0.4 is 10.6 Å². The zero-order valence-corrected chi connectivity index (χ0v) is 18.4. The molecule has 0 amide bonds. The predicted molar refractivity (Wildman–Crippen MR) is 116 cm³/mol. The summed E-state index contributed by atoms with van der Waals surface area (Å²) in [5, 5.41) is 10.7. The van der Waals surface area contributed by atoms with Crippen molar-refractivity contribution in [3.63, 3.8) is 0 Å². The van der Waals surface area contributed by atoms with E-state index in [4.69, 9.17) is 0 Å². The van der Waals surface area contributed by atoms with Crippen LogP contribution in [0.25, 0.3) is 5.69 Å². The van der Waals surface area contributed by atoms with Gasteiger partial charge >= 0.3 is 0 Å². The first-order chi connectivity index (χ1) is 11.9. The Labute approximate surface area is 172 Å². The van der Waals surface area contributed by atoms with Crippen LogP contribution in [-0.4, -0.2) is 49.3 Å². The molecule has 9 heteroatoms. The molecule has 0 saturated heterocycles. The number of guanidine groups is 1. The molecular weight excluding hydrogens is 465 g/mol. The van der Waals surface area contributed by atoms with E-state index in [1.165, 1.54) is 6.26 Å². The summed E-state index contributed by atoms with van der Waals surface area (Å²) in [6.07, 6.45) is 5.43. The van der Waals surface area contributed by atoms with E-state index in [0.29, 0.717) is 18.9 Å². The summed E-state index contributed by atoms with van der Waals surface area (Å²) in [6, 6.07) is 9.96. The van der Waals surface area contributed by atoms with Gasteiger partial charge in [0.05, 0.1) is 11.4 Å². The Morgan fingerprint density at radius 2 is 2.12 bits per heavy atom. The Morgan fingerprint density at radius 1 is 1.35 bits per heavy atom. The first kappa shape index (κ1) is 22.4. The standard InChI is InChI=1S/C17H25N5O2S.HI/c1-14(8-11-25(3,23)24)21-17(18-2)19-13-15-6-4-7-16(12-15)22-10-5-9-20-22;/h4-7,9-10,12,14H,8,11,13H2,1-3H3,(H2,18,19,21);1H. The zero-order chi connectivity index (χ0) is 18.3. The second kappa shape index (κ2) is 10.5. The summed E-state index contributed by atoms with van der Waals surface area (Å²) in [4.78, 5) is 4.19. The minimum atomic E-state index is -2.95. The first-order valence-corrected chi connectivity index (χ1v) is 10.2. The highest BCUT2D eigenvalue weighted by atomic mass is 127. The van der Waals surface area contributed by atoms with E-state index in [9.17, 15) is 8.42 Å². The van der Waals surface area contributed by atoms with E-state index >= 15 is 0 Å². The van der Waals surface area contributed by atoms with Crippen LogP contribution in [0.15, 0.2) is 47.7 Å². The van der Waals surface area contributed by atoms with Gasteiger partial charge < -0.3 is 10.6 Å². The van der Waals surface area contributed by atoms with Crippen LogP contribution >= 0.6 is 24.0 Å². The van der Waals surface area contributed by atoms with Gasteiger partial charge in [0.2, 0.25) is 0 Å². The van der Waals surface area contributed by atoms with Crippen LogP contribution in [0, 0.1) is 0 Å². The lowest BCUT2D eigenvalue weighted by Crippen LogP contribution is -2.42. The highest BCUT2D eigenvalue weighted by Gasteiger charge is 2.09. The smallest absolute Gasteiger partial charge is 0.191 e. The molecule has 26 heavy (non-hydrogen) atoms. The van der Waals surface area contributed by atoms with Crippen molar-refractivity contribution in [1.82, 2.24) is 20.4 Å². The number of hydrogen-bond donors (Lipinski definition) is 2. The second-order valence-electron chi connectivity index (χ2n) is 6.01. The largest absolute Gasteiger partial charge is 0.354 e. The normalized spacial score (nSPS) is 13.0. The Balaban J connectivity index is 0.00000338. The van der Waals surface area contributed by atoms with E-state index in [0.717, 1.165) is 11.3 Å². The quantitative estimate of drug-likeness (QED) is 0.352. The number of nitrogens with zero attached hydrogens (tertiary/aromatic N) is 3. The van der Waals surface area contributed by atoms with Gasteiger partial charge in [-0.05, 0) is 37.1 Å². The average Bonchev–Trinajstić information content (AvgIpc) is 3.11. The van der Waals surface area contributed by atoms with Gasteiger partial charge in [-0.25, -0.2) is 13.1 Å². The van der Waals surface area contributed by atoms with Crippen LogP contribution in [0.3, 0.4) is 0 Å². The van der Waals surface area contributed by atoms with Gasteiger partial charge in [0, 0.05) is 38.3 Å². The van der Waals surface area contributed by atoms with E-state index in [1.807, 2.05) is 42.1 Å². The maximum Gasteiger partial charge on any atom is 0.191 e. The van der Waals surface area contributed by atoms with Crippen LogP contribution in [0.1, 0.15) is 18.9 Å². The molecule has 7 nitrogen and oxygen atoms in total. The lowest BCUT2D eigenvalue weighted by molar-refractivity contribution is 0.581. The molecule has 1 atom stereocenters. The van der Waals surface area contributed by atoms with Gasteiger partial charge in [-0.1, -0.05) is 12.1 Å². The molecule has 1 aromatic heterocycles. The Kier molecular flexibility index (Phi) is 9.06. The molecule has 1 aromatic carbocycles. The fourth-order valence-corrected chi connectivity index (χ4v) is 3.09. The highest BCUT2D eigenvalue weighted by Crippen LogP contribution is 2.09. The van der Waals surface area contributed by atoms with Crippen molar-refractivity contribution in [3.05, 3.63) is 48.3 Å². The number of nitrogens with one attached hydrogen (secondary N) is 2. The molecule has 0 aliphatic carbocycles.